The molecular formula is C17H17FN2O6. The molecule has 0 spiro atoms. The Kier molecular flexibility index (Phi) is 5.41. The first-order valence-electron chi connectivity index (χ1n) is 7.56. The number of rotatable bonds is 6. The molecular weight excluding hydrogens is 347 g/mol. The first-order chi connectivity index (χ1) is 12.1. The van der Waals surface area contributed by atoms with Crippen molar-refractivity contribution in [1.29, 1.82) is 0 Å². The molecule has 1 aromatic carbocycles. The molecule has 0 fully saturated rings. The van der Waals surface area contributed by atoms with E-state index in [1.165, 1.54) is 12.1 Å². The van der Waals surface area contributed by atoms with Crippen LogP contribution in [0.2, 0.25) is 0 Å². The van der Waals surface area contributed by atoms with Crippen LogP contribution in [0.25, 0.3) is 11.1 Å². The lowest BCUT2D eigenvalue weighted by atomic mass is 9.94. The molecule has 0 unspecified atom stereocenters. The molecule has 1 heterocycles. The third-order valence-corrected chi connectivity index (χ3v) is 3.59. The van der Waals surface area contributed by atoms with Crippen molar-refractivity contribution in [3.8, 4) is 11.1 Å². The summed E-state index contributed by atoms with van der Waals surface area (Å²) in [4.78, 5) is 36.9. The van der Waals surface area contributed by atoms with Crippen molar-refractivity contribution in [3.63, 3.8) is 0 Å². The minimum absolute atomic E-state index is 0.0150. The van der Waals surface area contributed by atoms with Crippen LogP contribution in [0.3, 0.4) is 0 Å². The minimum atomic E-state index is -1.66. The third kappa shape index (κ3) is 3.72. The number of ether oxygens (including phenoxy) is 1. The number of nitrogens with two attached hydrogens (primary N) is 1. The van der Waals surface area contributed by atoms with Crippen molar-refractivity contribution in [1.82, 2.24) is 4.98 Å². The van der Waals surface area contributed by atoms with Gasteiger partial charge < -0.3 is 25.7 Å². The lowest BCUT2D eigenvalue weighted by Crippen LogP contribution is -2.24. The van der Waals surface area contributed by atoms with Gasteiger partial charge in [-0.25, -0.2) is 14.0 Å². The maximum absolute atomic E-state index is 14.4. The highest BCUT2D eigenvalue weighted by atomic mass is 19.1. The zero-order valence-corrected chi connectivity index (χ0v) is 14.0. The van der Waals surface area contributed by atoms with Gasteiger partial charge in [0, 0.05) is 11.1 Å². The molecule has 26 heavy (non-hydrogen) atoms. The van der Waals surface area contributed by atoms with Crippen molar-refractivity contribution in [2.75, 3.05) is 5.73 Å². The van der Waals surface area contributed by atoms with Crippen molar-refractivity contribution < 1.29 is 28.9 Å². The molecule has 1 aromatic heterocycles. The molecule has 0 aliphatic heterocycles. The summed E-state index contributed by atoms with van der Waals surface area (Å²) < 4.78 is 19.7. The number of anilines is 1. The van der Waals surface area contributed by atoms with E-state index in [1.54, 1.807) is 13.8 Å². The Bertz CT molecular complexity index is 936. The van der Waals surface area contributed by atoms with Crippen LogP contribution >= 0.6 is 0 Å². The molecule has 0 bridgehead atoms. The Morgan fingerprint density at radius 2 is 1.85 bits per heavy atom. The predicted molar refractivity (Wildman–Crippen MR) is 90.7 cm³/mol. The van der Waals surface area contributed by atoms with Crippen molar-refractivity contribution in [3.05, 3.63) is 51.1 Å². The molecule has 8 nitrogen and oxygen atoms in total. The Labute approximate surface area is 147 Å². The average Bonchev–Trinajstić information content (AvgIpc) is 2.51. The van der Waals surface area contributed by atoms with E-state index >= 15 is 0 Å². The minimum Gasteiger partial charge on any atom is -0.478 e. The fraction of sp³-hybridized carbons (Fsp3) is 0.235. The zero-order valence-electron chi connectivity index (χ0n) is 14.0. The fourth-order valence-electron chi connectivity index (χ4n) is 2.41. The molecule has 0 amide bonds. The first kappa shape index (κ1) is 19.1. The molecule has 0 saturated carbocycles. The van der Waals surface area contributed by atoms with Crippen LogP contribution in [0.1, 0.15) is 40.1 Å². The van der Waals surface area contributed by atoms with E-state index in [-0.39, 0.29) is 23.8 Å². The number of hydrogen-bond donors (Lipinski definition) is 4. The van der Waals surface area contributed by atoms with Crippen LogP contribution in [0.4, 0.5) is 10.2 Å². The van der Waals surface area contributed by atoms with E-state index in [0.717, 1.165) is 6.07 Å². The Morgan fingerprint density at radius 3 is 2.35 bits per heavy atom. The summed E-state index contributed by atoms with van der Waals surface area (Å²) in [6.07, 6.45) is -0.126. The summed E-state index contributed by atoms with van der Waals surface area (Å²) in [5.74, 6) is -4.45. The standard InChI is InChI=1S/C17H17FN2O6/c1-7(2)26-6-9-4-3-8(5-10(9)18)11-12(16(22)23)14(19)20-15(21)13(11)17(24)25/h3-5,7H,6H2,1-2H3,(H,22,23)(H,24,25)(H3,19,20,21). The molecule has 0 atom stereocenters. The summed E-state index contributed by atoms with van der Waals surface area (Å²) in [5, 5.41) is 18.7. The number of aromatic amines is 1. The van der Waals surface area contributed by atoms with Crippen molar-refractivity contribution in [2.45, 2.75) is 26.6 Å². The number of carboxylic acids is 2. The highest BCUT2D eigenvalue weighted by molar-refractivity contribution is 6.07. The largest absolute Gasteiger partial charge is 0.478 e. The van der Waals surface area contributed by atoms with E-state index in [4.69, 9.17) is 10.5 Å². The second-order valence-electron chi connectivity index (χ2n) is 5.77. The predicted octanol–water partition coefficient (Wildman–Crippen LogP) is 2.08. The Morgan fingerprint density at radius 1 is 1.23 bits per heavy atom. The average molecular weight is 364 g/mol. The van der Waals surface area contributed by atoms with Crippen molar-refractivity contribution >= 4 is 17.8 Å². The number of aromatic nitrogens is 1. The zero-order chi connectivity index (χ0) is 19.6. The number of nitrogens with one attached hydrogen (secondary N) is 1. The third-order valence-electron chi connectivity index (χ3n) is 3.59. The van der Waals surface area contributed by atoms with Crippen LogP contribution in [-0.4, -0.2) is 33.2 Å². The summed E-state index contributed by atoms with van der Waals surface area (Å²) in [7, 11) is 0. The van der Waals surface area contributed by atoms with Crippen molar-refractivity contribution in [2.24, 2.45) is 0 Å². The van der Waals surface area contributed by atoms with Gasteiger partial charge in [-0.3, -0.25) is 4.79 Å². The second kappa shape index (κ2) is 7.36. The fourth-order valence-corrected chi connectivity index (χ4v) is 2.41. The molecule has 2 rings (SSSR count). The van der Waals surface area contributed by atoms with Gasteiger partial charge in [-0.2, -0.15) is 0 Å². The van der Waals surface area contributed by atoms with Gasteiger partial charge >= 0.3 is 11.9 Å². The first-order valence-corrected chi connectivity index (χ1v) is 7.56. The van der Waals surface area contributed by atoms with Gasteiger partial charge in [0.2, 0.25) is 0 Å². The highest BCUT2D eigenvalue weighted by Gasteiger charge is 2.27. The Hall–Kier alpha value is -3.20. The smallest absolute Gasteiger partial charge is 0.342 e. The number of pyridine rings is 1. The summed E-state index contributed by atoms with van der Waals surface area (Å²) in [6, 6.07) is 3.60. The van der Waals surface area contributed by atoms with E-state index in [9.17, 15) is 29.0 Å². The number of nitrogen functional groups attached to an aromatic ring is 1. The van der Waals surface area contributed by atoms with Crippen LogP contribution in [0.15, 0.2) is 23.0 Å². The van der Waals surface area contributed by atoms with Gasteiger partial charge in [0.1, 0.15) is 22.8 Å². The molecule has 138 valence electrons. The van der Waals surface area contributed by atoms with E-state index < -0.39 is 45.8 Å². The molecule has 0 radical (unpaired) electrons. The summed E-state index contributed by atoms with van der Waals surface area (Å²) >= 11 is 0. The number of aromatic carboxylic acids is 2. The quantitative estimate of drug-likeness (QED) is 0.614. The monoisotopic (exact) mass is 364 g/mol. The van der Waals surface area contributed by atoms with Gasteiger partial charge in [-0.1, -0.05) is 12.1 Å². The number of benzene rings is 1. The second-order valence-corrected chi connectivity index (χ2v) is 5.77. The summed E-state index contributed by atoms with van der Waals surface area (Å²) in [6.45, 7) is 3.55. The van der Waals surface area contributed by atoms with Gasteiger partial charge in [0.25, 0.3) is 5.56 Å². The number of H-pyrrole nitrogens is 1. The normalized spacial score (nSPS) is 10.9. The topological polar surface area (TPSA) is 143 Å². The van der Waals surface area contributed by atoms with Crippen LogP contribution < -0.4 is 11.3 Å². The lowest BCUT2D eigenvalue weighted by molar-refractivity contribution is 0.0638. The maximum atomic E-state index is 14.4. The lowest BCUT2D eigenvalue weighted by Gasteiger charge is -2.14. The van der Waals surface area contributed by atoms with Crippen LogP contribution in [0, 0.1) is 5.82 Å². The molecule has 9 heteroatoms. The van der Waals surface area contributed by atoms with Gasteiger partial charge in [-0.05, 0) is 25.5 Å². The molecule has 0 saturated heterocycles. The van der Waals surface area contributed by atoms with Gasteiger partial charge in [-0.15, -0.1) is 0 Å². The molecule has 0 aliphatic rings. The number of carboxylic acid groups (broad SMARTS) is 2. The van der Waals surface area contributed by atoms with Crippen LogP contribution in [0.5, 0.6) is 0 Å². The Balaban J connectivity index is 2.71. The maximum Gasteiger partial charge on any atom is 0.342 e. The summed E-state index contributed by atoms with van der Waals surface area (Å²) in [5.41, 5.74) is 2.66. The van der Waals surface area contributed by atoms with Gasteiger partial charge in [0.05, 0.1) is 12.7 Å². The van der Waals surface area contributed by atoms with E-state index in [0.29, 0.717) is 0 Å². The van der Waals surface area contributed by atoms with Gasteiger partial charge in [0.15, 0.2) is 0 Å². The van der Waals surface area contributed by atoms with E-state index in [1.807, 2.05) is 4.98 Å². The highest BCUT2D eigenvalue weighted by Crippen LogP contribution is 2.30. The molecule has 2 aromatic rings. The number of carbonyl (C=O) groups is 2. The SMILES string of the molecule is CC(C)OCc1ccc(-c2c(C(=O)O)c(N)[nH]c(=O)c2C(=O)O)cc1F. The van der Waals surface area contributed by atoms with E-state index in [2.05, 4.69) is 0 Å². The van der Waals surface area contributed by atoms with Crippen LogP contribution in [-0.2, 0) is 11.3 Å². The molecule has 5 N–H and O–H groups in total. The molecule has 0 aliphatic carbocycles. The number of halogens is 1. The number of hydrogen-bond acceptors (Lipinski definition) is 5.